The van der Waals surface area contributed by atoms with Crippen LogP contribution in [0.4, 0.5) is 18.9 Å². The van der Waals surface area contributed by atoms with Crippen LogP contribution in [0.1, 0.15) is 17.5 Å². The number of aliphatic hydroxyl groups excluding tert-OH is 1. The number of alkyl halides is 3. The summed E-state index contributed by atoms with van der Waals surface area (Å²) in [4.78, 5) is 0. The average molecular weight is 370 g/mol. The molecular weight excluding hydrogens is 357 g/mol. The molecule has 1 unspecified atom stereocenters. The first kappa shape index (κ1) is 16.4. The van der Waals surface area contributed by atoms with Gasteiger partial charge in [0.1, 0.15) is 6.23 Å². The molecule has 5 nitrogen and oxygen atoms in total. The van der Waals surface area contributed by atoms with Crippen molar-refractivity contribution in [3.8, 4) is 6.07 Å². The number of benzene rings is 1. The molecule has 5 atom stereocenters. The number of aliphatic hydroxyl groups is 1. The molecule has 2 bridgehead atoms. The fraction of sp³-hybridized carbons (Fsp3) is 0.438. The van der Waals surface area contributed by atoms with Crippen LogP contribution in [0, 0.1) is 29.1 Å². The maximum absolute atomic E-state index is 13.2. The molecule has 0 radical (unpaired) electrons. The summed E-state index contributed by atoms with van der Waals surface area (Å²) in [5.41, 5.74) is -2.08. The van der Waals surface area contributed by atoms with Gasteiger partial charge < -0.3 is 5.11 Å². The molecule has 1 saturated carbocycles. The molecule has 1 aromatic carbocycles. The summed E-state index contributed by atoms with van der Waals surface area (Å²) >= 11 is 0. The van der Waals surface area contributed by atoms with Gasteiger partial charge in [0, 0.05) is 5.92 Å². The van der Waals surface area contributed by atoms with Gasteiger partial charge in [-0.25, -0.2) is 12.7 Å². The summed E-state index contributed by atoms with van der Waals surface area (Å²) in [7, 11) is -4.00. The standard InChI is InChI=1S/C16H13F3N2O3S/c17-16(18,19)12-6-11(4-3-10(12)7-20)21-15(22)13-8-1-2-9(5-8)14(13)25(21,23)24/h1-4,6,8-9,13-15,22H,5H2/t8-,9+,13+,14-,15?/m1/s1. The van der Waals surface area contributed by atoms with Gasteiger partial charge in [-0.15, -0.1) is 0 Å². The molecule has 2 aliphatic carbocycles. The van der Waals surface area contributed by atoms with E-state index in [0.717, 1.165) is 12.1 Å². The predicted molar refractivity (Wildman–Crippen MR) is 81.6 cm³/mol. The summed E-state index contributed by atoms with van der Waals surface area (Å²) in [5.74, 6) is -0.865. The van der Waals surface area contributed by atoms with Crippen LogP contribution in [0.5, 0.6) is 0 Å². The maximum Gasteiger partial charge on any atom is 0.417 e. The van der Waals surface area contributed by atoms with Crippen LogP contribution in [0.3, 0.4) is 0 Å². The zero-order chi connectivity index (χ0) is 18.1. The summed E-state index contributed by atoms with van der Waals surface area (Å²) in [5, 5.41) is 18.6. The molecule has 0 aromatic heterocycles. The Balaban J connectivity index is 1.82. The Labute approximate surface area is 142 Å². The molecule has 1 N–H and O–H groups in total. The average Bonchev–Trinajstić information content (AvgIpc) is 3.19. The van der Waals surface area contributed by atoms with Gasteiger partial charge in [-0.3, -0.25) is 0 Å². The Bertz CT molecular complexity index is 920. The minimum Gasteiger partial charge on any atom is -0.372 e. The number of halogens is 3. The van der Waals surface area contributed by atoms with Crippen molar-refractivity contribution in [2.24, 2.45) is 17.8 Å². The van der Waals surface area contributed by atoms with Crippen molar-refractivity contribution in [1.29, 1.82) is 5.26 Å². The van der Waals surface area contributed by atoms with Gasteiger partial charge in [0.15, 0.2) is 0 Å². The van der Waals surface area contributed by atoms with Crippen molar-refractivity contribution in [2.45, 2.75) is 24.1 Å². The highest BCUT2D eigenvalue weighted by atomic mass is 32.2. The van der Waals surface area contributed by atoms with Crippen LogP contribution in [0.25, 0.3) is 0 Å². The molecule has 1 aliphatic heterocycles. The van der Waals surface area contributed by atoms with Gasteiger partial charge in [-0.05, 0) is 36.5 Å². The third kappa shape index (κ3) is 2.14. The molecule has 1 saturated heterocycles. The summed E-state index contributed by atoms with van der Waals surface area (Å²) in [6, 6.07) is 4.14. The maximum atomic E-state index is 13.2. The van der Waals surface area contributed by atoms with E-state index in [0.29, 0.717) is 16.8 Å². The molecule has 4 rings (SSSR count). The Hall–Kier alpha value is -2.05. The van der Waals surface area contributed by atoms with E-state index >= 15 is 0 Å². The molecular formula is C16H13F3N2O3S. The molecule has 132 valence electrons. The molecule has 9 heteroatoms. The molecule has 3 aliphatic rings. The van der Waals surface area contributed by atoms with Gasteiger partial charge in [0.05, 0.1) is 28.1 Å². The largest absolute Gasteiger partial charge is 0.417 e. The molecule has 0 amide bonds. The first-order valence-corrected chi connectivity index (χ1v) is 9.17. The number of anilines is 1. The van der Waals surface area contributed by atoms with Crippen molar-refractivity contribution in [1.82, 2.24) is 0 Å². The zero-order valence-electron chi connectivity index (χ0n) is 12.7. The molecule has 2 fully saturated rings. The second-order valence-corrected chi connectivity index (χ2v) is 8.55. The second kappa shape index (κ2) is 4.99. The lowest BCUT2D eigenvalue weighted by atomic mass is 9.91. The summed E-state index contributed by atoms with van der Waals surface area (Å²) < 4.78 is 65.9. The molecule has 1 heterocycles. The molecule has 1 aromatic rings. The van der Waals surface area contributed by atoms with Crippen molar-refractivity contribution < 1.29 is 26.7 Å². The Morgan fingerprint density at radius 2 is 1.92 bits per heavy atom. The van der Waals surface area contributed by atoms with Crippen molar-refractivity contribution in [3.05, 3.63) is 41.5 Å². The fourth-order valence-corrected chi connectivity index (χ4v) is 6.86. The lowest BCUT2D eigenvalue weighted by molar-refractivity contribution is -0.137. The van der Waals surface area contributed by atoms with Gasteiger partial charge in [-0.1, -0.05) is 12.2 Å². The van der Waals surface area contributed by atoms with Crippen molar-refractivity contribution in [3.63, 3.8) is 0 Å². The minimum atomic E-state index is -4.80. The number of hydrogen-bond acceptors (Lipinski definition) is 4. The van der Waals surface area contributed by atoms with Crippen LogP contribution in [-0.4, -0.2) is 25.0 Å². The predicted octanol–water partition coefficient (Wildman–Crippen LogP) is 2.24. The van der Waals surface area contributed by atoms with Gasteiger partial charge in [0.2, 0.25) is 10.0 Å². The second-order valence-electron chi connectivity index (χ2n) is 6.58. The normalized spacial score (nSPS) is 35.0. The Morgan fingerprint density at radius 3 is 2.52 bits per heavy atom. The number of rotatable bonds is 1. The van der Waals surface area contributed by atoms with E-state index in [1.54, 1.807) is 6.08 Å². The Morgan fingerprint density at radius 1 is 1.24 bits per heavy atom. The van der Waals surface area contributed by atoms with Crippen LogP contribution in [-0.2, 0) is 16.2 Å². The monoisotopic (exact) mass is 370 g/mol. The van der Waals surface area contributed by atoms with Crippen LogP contribution < -0.4 is 4.31 Å². The number of allylic oxidation sites excluding steroid dienone is 2. The van der Waals surface area contributed by atoms with Crippen molar-refractivity contribution in [2.75, 3.05) is 4.31 Å². The summed E-state index contributed by atoms with van der Waals surface area (Å²) in [6.07, 6.45) is -1.90. The highest BCUT2D eigenvalue weighted by molar-refractivity contribution is 7.93. The van der Waals surface area contributed by atoms with E-state index in [1.807, 2.05) is 6.08 Å². The van der Waals surface area contributed by atoms with E-state index in [2.05, 4.69) is 0 Å². The topological polar surface area (TPSA) is 81.4 Å². The highest BCUT2D eigenvalue weighted by Crippen LogP contribution is 2.54. The van der Waals surface area contributed by atoms with Crippen LogP contribution >= 0.6 is 0 Å². The lowest BCUT2D eigenvalue weighted by Gasteiger charge is -2.26. The fourth-order valence-electron chi connectivity index (χ4n) is 4.36. The first-order chi connectivity index (χ1) is 11.7. The van der Waals surface area contributed by atoms with Gasteiger partial charge in [-0.2, -0.15) is 18.4 Å². The number of hydrogen-bond donors (Lipinski definition) is 1. The molecule has 0 spiro atoms. The van der Waals surface area contributed by atoms with E-state index in [1.165, 1.54) is 6.07 Å². The third-order valence-corrected chi connectivity index (χ3v) is 7.66. The number of fused-ring (bicyclic) bond motifs is 5. The number of nitriles is 1. The highest BCUT2D eigenvalue weighted by Gasteiger charge is 2.62. The van der Waals surface area contributed by atoms with Crippen molar-refractivity contribution >= 4 is 15.7 Å². The van der Waals surface area contributed by atoms with Crippen LogP contribution in [0.2, 0.25) is 0 Å². The SMILES string of the molecule is N#Cc1ccc(N2C(O)[C@@H]3[C@@H]([C@H]4C=C[C@@H]3C4)S2(=O)=O)cc1C(F)(F)F. The third-order valence-electron chi connectivity index (χ3n) is 5.33. The smallest absolute Gasteiger partial charge is 0.372 e. The summed E-state index contributed by atoms with van der Waals surface area (Å²) in [6.45, 7) is 0. The van der Waals surface area contributed by atoms with Gasteiger partial charge in [0.25, 0.3) is 0 Å². The first-order valence-electron chi connectivity index (χ1n) is 7.67. The Kier molecular flexibility index (Phi) is 3.28. The minimum absolute atomic E-state index is 0.0924. The van der Waals surface area contributed by atoms with E-state index in [9.17, 15) is 26.7 Å². The van der Waals surface area contributed by atoms with Crippen LogP contribution in [0.15, 0.2) is 30.4 Å². The van der Waals surface area contributed by atoms with Gasteiger partial charge >= 0.3 is 6.18 Å². The quantitative estimate of drug-likeness (QED) is 0.769. The lowest BCUT2D eigenvalue weighted by Crippen LogP contribution is -2.37. The van der Waals surface area contributed by atoms with E-state index in [-0.39, 0.29) is 17.5 Å². The number of nitrogens with zero attached hydrogens (tertiary/aromatic N) is 2. The molecule has 25 heavy (non-hydrogen) atoms. The van der Waals surface area contributed by atoms with E-state index < -0.39 is 44.7 Å². The van der Waals surface area contributed by atoms with E-state index in [4.69, 9.17) is 5.26 Å². The zero-order valence-corrected chi connectivity index (χ0v) is 13.5. The number of sulfonamides is 1.